The van der Waals surface area contributed by atoms with E-state index in [4.69, 9.17) is 4.52 Å². The first-order valence-electron chi connectivity index (χ1n) is 6.89. The first-order valence-corrected chi connectivity index (χ1v) is 6.89. The summed E-state index contributed by atoms with van der Waals surface area (Å²) in [6.45, 7) is 2.52. The van der Waals surface area contributed by atoms with E-state index in [1.807, 2.05) is 6.92 Å². The summed E-state index contributed by atoms with van der Waals surface area (Å²) in [5, 5.41) is 3.87. The Morgan fingerprint density at radius 2 is 2.15 bits per heavy atom. The van der Waals surface area contributed by atoms with Gasteiger partial charge in [0.15, 0.2) is 0 Å². The fraction of sp³-hybridized carbons (Fsp3) is 0.538. The van der Waals surface area contributed by atoms with Gasteiger partial charge in [0.05, 0.1) is 0 Å². The Hall–Kier alpha value is -2.18. The number of rotatable bonds is 2. The van der Waals surface area contributed by atoms with E-state index in [0.29, 0.717) is 30.8 Å². The number of nitrogens with one attached hydrogen (secondary N) is 1. The van der Waals surface area contributed by atoms with Crippen LogP contribution in [0.2, 0.25) is 0 Å². The smallest absolute Gasteiger partial charge is 0.328 e. The van der Waals surface area contributed by atoms with Crippen LogP contribution in [0.15, 0.2) is 14.1 Å². The van der Waals surface area contributed by atoms with Gasteiger partial charge < -0.3 is 4.52 Å². The fourth-order valence-corrected chi connectivity index (χ4v) is 2.58. The van der Waals surface area contributed by atoms with E-state index in [2.05, 4.69) is 15.1 Å². The number of aromatic amines is 1. The van der Waals surface area contributed by atoms with Gasteiger partial charge in [-0.15, -0.1) is 0 Å². The van der Waals surface area contributed by atoms with Crippen LogP contribution in [0.5, 0.6) is 0 Å². The van der Waals surface area contributed by atoms with Crippen molar-refractivity contribution in [1.29, 1.82) is 0 Å². The lowest BCUT2D eigenvalue weighted by Crippen LogP contribution is -2.33. The molecule has 0 aromatic carbocycles. The zero-order chi connectivity index (χ0) is 14.1. The third-order valence-corrected chi connectivity index (χ3v) is 3.60. The summed E-state index contributed by atoms with van der Waals surface area (Å²) in [6, 6.07) is 0. The Morgan fingerprint density at radius 1 is 1.30 bits per heavy atom. The molecule has 0 aliphatic carbocycles. The zero-order valence-electron chi connectivity index (χ0n) is 11.3. The molecule has 7 nitrogen and oxygen atoms in total. The average Bonchev–Trinajstić information content (AvgIpc) is 2.75. The maximum atomic E-state index is 12.1. The molecule has 7 heteroatoms. The molecule has 3 heterocycles. The average molecular weight is 276 g/mol. The van der Waals surface area contributed by atoms with Crippen molar-refractivity contribution in [3.8, 4) is 11.4 Å². The molecule has 1 N–H and O–H groups in total. The van der Waals surface area contributed by atoms with Gasteiger partial charge in [-0.05, 0) is 19.3 Å². The van der Waals surface area contributed by atoms with Crippen LogP contribution < -0.4 is 11.2 Å². The van der Waals surface area contributed by atoms with Crippen molar-refractivity contribution < 1.29 is 4.52 Å². The Bertz CT molecular complexity index is 741. The molecule has 0 spiro atoms. The fourth-order valence-electron chi connectivity index (χ4n) is 2.58. The molecule has 2 aromatic heterocycles. The Balaban J connectivity index is 2.24. The van der Waals surface area contributed by atoms with Gasteiger partial charge in [0.2, 0.25) is 11.7 Å². The van der Waals surface area contributed by atoms with Gasteiger partial charge in [0.1, 0.15) is 5.56 Å². The van der Waals surface area contributed by atoms with E-state index in [9.17, 15) is 9.59 Å². The first kappa shape index (κ1) is 12.8. The molecular formula is C13H16N4O3. The predicted molar refractivity (Wildman–Crippen MR) is 71.5 cm³/mol. The lowest BCUT2D eigenvalue weighted by Gasteiger charge is -2.10. The van der Waals surface area contributed by atoms with E-state index in [0.717, 1.165) is 25.0 Å². The molecule has 3 rings (SSSR count). The van der Waals surface area contributed by atoms with Crippen molar-refractivity contribution in [3.05, 3.63) is 32.4 Å². The summed E-state index contributed by atoms with van der Waals surface area (Å²) in [7, 11) is 0. The van der Waals surface area contributed by atoms with Crippen molar-refractivity contribution >= 4 is 0 Å². The number of H-pyrrole nitrogens is 1. The van der Waals surface area contributed by atoms with Crippen molar-refractivity contribution in [3.63, 3.8) is 0 Å². The van der Waals surface area contributed by atoms with Gasteiger partial charge in [-0.25, -0.2) is 4.79 Å². The molecule has 1 aliphatic rings. The summed E-state index contributed by atoms with van der Waals surface area (Å²) in [5.41, 5.74) is 0.302. The van der Waals surface area contributed by atoms with Gasteiger partial charge in [0, 0.05) is 18.7 Å². The van der Waals surface area contributed by atoms with Crippen molar-refractivity contribution in [2.75, 3.05) is 0 Å². The zero-order valence-corrected chi connectivity index (χ0v) is 11.3. The summed E-state index contributed by atoms with van der Waals surface area (Å²) in [4.78, 5) is 30.6. The van der Waals surface area contributed by atoms with Crippen molar-refractivity contribution in [1.82, 2.24) is 19.7 Å². The van der Waals surface area contributed by atoms with Gasteiger partial charge >= 0.3 is 5.69 Å². The van der Waals surface area contributed by atoms with Gasteiger partial charge in [0.25, 0.3) is 5.56 Å². The highest BCUT2D eigenvalue weighted by atomic mass is 16.5. The van der Waals surface area contributed by atoms with Crippen LogP contribution in [0.4, 0.5) is 0 Å². The molecule has 0 unspecified atom stereocenters. The minimum atomic E-state index is -0.438. The highest BCUT2D eigenvalue weighted by Gasteiger charge is 2.21. The standard InChI is InChI=1S/C13H16N4O3/c1-2-9-14-11(16-20-9)10-8-6-4-3-5-7-17(8)13(19)15-12(10)18/h2-7H2,1H3,(H,15,18,19). The van der Waals surface area contributed by atoms with E-state index in [-0.39, 0.29) is 11.5 Å². The minimum Gasteiger partial charge on any atom is -0.339 e. The Morgan fingerprint density at radius 3 is 2.90 bits per heavy atom. The molecule has 1 aliphatic heterocycles. The predicted octanol–water partition coefficient (Wildman–Crippen LogP) is 0.875. The maximum absolute atomic E-state index is 12.1. The second-order valence-electron chi connectivity index (χ2n) is 4.91. The minimum absolute atomic E-state index is 0.272. The topological polar surface area (TPSA) is 93.8 Å². The number of aromatic nitrogens is 4. The van der Waals surface area contributed by atoms with Crippen LogP contribution in [0.25, 0.3) is 11.4 Å². The highest BCUT2D eigenvalue weighted by Crippen LogP contribution is 2.20. The molecule has 2 aromatic rings. The summed E-state index contributed by atoms with van der Waals surface area (Å²) in [5.74, 6) is 0.756. The number of aryl methyl sites for hydroxylation is 1. The highest BCUT2D eigenvalue weighted by molar-refractivity contribution is 5.56. The maximum Gasteiger partial charge on any atom is 0.328 e. The molecule has 0 fully saturated rings. The lowest BCUT2D eigenvalue weighted by atomic mass is 10.1. The third kappa shape index (κ3) is 2.09. The van der Waals surface area contributed by atoms with Gasteiger partial charge in [-0.3, -0.25) is 14.3 Å². The Labute approximate surface area is 114 Å². The Kier molecular flexibility index (Phi) is 3.25. The molecule has 0 saturated carbocycles. The third-order valence-electron chi connectivity index (χ3n) is 3.60. The van der Waals surface area contributed by atoms with Gasteiger partial charge in [-0.2, -0.15) is 4.98 Å². The second-order valence-corrected chi connectivity index (χ2v) is 4.91. The number of nitrogens with zero attached hydrogens (tertiary/aromatic N) is 3. The first-order chi connectivity index (χ1) is 9.70. The number of hydrogen-bond acceptors (Lipinski definition) is 5. The van der Waals surface area contributed by atoms with Crippen LogP contribution in [-0.4, -0.2) is 19.7 Å². The summed E-state index contributed by atoms with van der Waals surface area (Å²) < 4.78 is 6.71. The van der Waals surface area contributed by atoms with E-state index in [1.54, 1.807) is 4.57 Å². The molecule has 0 atom stereocenters. The molecule has 106 valence electrons. The quantitative estimate of drug-likeness (QED) is 0.878. The number of hydrogen-bond donors (Lipinski definition) is 1. The van der Waals surface area contributed by atoms with Crippen LogP contribution in [0.3, 0.4) is 0 Å². The summed E-state index contributed by atoms with van der Waals surface area (Å²) >= 11 is 0. The monoisotopic (exact) mass is 276 g/mol. The van der Waals surface area contributed by atoms with Crippen molar-refractivity contribution in [2.45, 2.75) is 45.6 Å². The lowest BCUT2D eigenvalue weighted by molar-refractivity contribution is 0.382. The van der Waals surface area contributed by atoms with Crippen molar-refractivity contribution in [2.24, 2.45) is 0 Å². The van der Waals surface area contributed by atoms with Crippen LogP contribution in [0.1, 0.15) is 37.8 Å². The van der Waals surface area contributed by atoms with E-state index >= 15 is 0 Å². The second kappa shape index (κ2) is 5.07. The van der Waals surface area contributed by atoms with Crippen LogP contribution in [-0.2, 0) is 19.4 Å². The molecule has 0 saturated heterocycles. The largest absolute Gasteiger partial charge is 0.339 e. The molecular weight excluding hydrogens is 260 g/mol. The SMILES string of the molecule is CCc1nc(-c2c3n(c(=O)[nH]c2=O)CCCCC3)no1. The number of fused-ring (bicyclic) bond motifs is 1. The molecule has 0 radical (unpaired) electrons. The molecule has 20 heavy (non-hydrogen) atoms. The normalized spacial score (nSPS) is 14.8. The summed E-state index contributed by atoms with van der Waals surface area (Å²) in [6.07, 6.45) is 4.23. The van der Waals surface area contributed by atoms with E-state index < -0.39 is 5.56 Å². The molecule has 0 bridgehead atoms. The van der Waals surface area contributed by atoms with E-state index in [1.165, 1.54) is 0 Å². The molecule has 0 amide bonds. The van der Waals surface area contributed by atoms with Gasteiger partial charge in [-0.1, -0.05) is 18.5 Å². The van der Waals surface area contributed by atoms with Crippen LogP contribution >= 0.6 is 0 Å². The van der Waals surface area contributed by atoms with Crippen LogP contribution in [0, 0.1) is 0 Å².